The fourth-order valence-electron chi connectivity index (χ4n) is 2.55. The number of aromatic nitrogens is 2. The van der Waals surface area contributed by atoms with E-state index in [1.54, 1.807) is 24.3 Å². The average Bonchev–Trinajstić information content (AvgIpc) is 3.14. The average molecular weight is 454 g/mol. The molecule has 0 atom stereocenters. The van der Waals surface area contributed by atoms with Crippen molar-refractivity contribution in [3.05, 3.63) is 69.1 Å². The lowest BCUT2D eigenvalue weighted by molar-refractivity contribution is 0.0944. The van der Waals surface area contributed by atoms with E-state index in [0.717, 1.165) is 5.56 Å². The predicted molar refractivity (Wildman–Crippen MR) is 110 cm³/mol. The molecule has 0 fully saturated rings. The molecule has 3 rings (SSSR count). The third kappa shape index (κ3) is 5.82. The maximum atomic E-state index is 13.2. The van der Waals surface area contributed by atoms with Crippen molar-refractivity contribution >= 4 is 34.9 Å². The molecule has 0 spiro atoms. The van der Waals surface area contributed by atoms with Crippen LogP contribution in [0.1, 0.15) is 21.6 Å². The summed E-state index contributed by atoms with van der Waals surface area (Å²) in [7, 11) is 0. The smallest absolute Gasteiger partial charge is 0.277 e. The van der Waals surface area contributed by atoms with Gasteiger partial charge in [-0.15, -0.1) is 0 Å². The summed E-state index contributed by atoms with van der Waals surface area (Å²) in [5.74, 6) is -0.339. The molecule has 30 heavy (non-hydrogen) atoms. The van der Waals surface area contributed by atoms with E-state index >= 15 is 0 Å². The van der Waals surface area contributed by atoms with E-state index in [1.165, 1.54) is 12.1 Å². The first kappa shape index (κ1) is 21.8. The van der Waals surface area contributed by atoms with Gasteiger partial charge in [0.25, 0.3) is 5.91 Å². The minimum Gasteiger partial charge on any atom is -0.489 e. The van der Waals surface area contributed by atoms with Crippen LogP contribution in [-0.2, 0) is 13.2 Å². The van der Waals surface area contributed by atoms with Gasteiger partial charge in [-0.2, -0.15) is 0 Å². The summed E-state index contributed by atoms with van der Waals surface area (Å²) >= 11 is 12.1. The number of nitrogens with one attached hydrogen (secondary N) is 2. The van der Waals surface area contributed by atoms with Crippen molar-refractivity contribution in [2.45, 2.75) is 13.2 Å². The lowest BCUT2D eigenvalue weighted by Gasteiger charge is -2.14. The van der Waals surface area contributed by atoms with Crippen LogP contribution in [0.25, 0.3) is 0 Å². The second-order valence-electron chi connectivity index (χ2n) is 6.21. The number of rotatable bonds is 9. The number of hydrogen-bond acceptors (Lipinski definition) is 7. The molecule has 4 N–H and O–H groups in total. The molecule has 0 unspecified atom stereocenters. The highest BCUT2D eigenvalue weighted by Gasteiger charge is 2.15. The van der Waals surface area contributed by atoms with Crippen LogP contribution in [0.3, 0.4) is 0 Å². The molecule has 8 nitrogen and oxygen atoms in total. The molecule has 2 aromatic carbocycles. The molecule has 3 aromatic rings. The Morgan fingerprint density at radius 1 is 1.13 bits per heavy atom. The molecule has 0 aliphatic heterocycles. The van der Waals surface area contributed by atoms with Crippen molar-refractivity contribution in [1.29, 1.82) is 0 Å². The van der Waals surface area contributed by atoms with Gasteiger partial charge in [0.15, 0.2) is 0 Å². The minimum atomic E-state index is -0.474. The first-order chi connectivity index (χ1) is 14.4. The summed E-state index contributed by atoms with van der Waals surface area (Å²) in [4.78, 5) is 11.9. The van der Waals surface area contributed by atoms with Gasteiger partial charge in [0.05, 0.1) is 5.02 Å². The van der Waals surface area contributed by atoms with Crippen LogP contribution in [-0.4, -0.2) is 29.3 Å². The van der Waals surface area contributed by atoms with Crippen molar-refractivity contribution in [2.75, 3.05) is 18.8 Å². The normalized spacial score (nSPS) is 10.8. The van der Waals surface area contributed by atoms with Crippen LogP contribution in [0.4, 0.5) is 10.2 Å². The van der Waals surface area contributed by atoms with Crippen molar-refractivity contribution in [1.82, 2.24) is 20.9 Å². The lowest BCUT2D eigenvalue weighted by atomic mass is 10.2. The topological polar surface area (TPSA) is 115 Å². The van der Waals surface area contributed by atoms with Crippen LogP contribution in [0, 0.1) is 5.82 Å². The molecule has 1 aromatic heterocycles. The molecule has 0 bridgehead atoms. The molecular weight excluding hydrogens is 436 g/mol. The second kappa shape index (κ2) is 10.2. The van der Waals surface area contributed by atoms with E-state index < -0.39 is 11.7 Å². The second-order valence-corrected chi connectivity index (χ2v) is 7.05. The fourth-order valence-corrected chi connectivity index (χ4v) is 2.96. The van der Waals surface area contributed by atoms with Crippen LogP contribution < -0.4 is 21.1 Å². The van der Waals surface area contributed by atoms with Crippen LogP contribution >= 0.6 is 23.2 Å². The SMILES string of the molecule is Nc1nonc1C(=O)NCCNCc1cc(Cl)ccc1OCc1ccc(F)cc1Cl. The molecular formula is C19H18Cl2FN5O3. The molecule has 0 aliphatic carbocycles. The number of nitrogens with zero attached hydrogens (tertiary/aromatic N) is 2. The molecule has 158 valence electrons. The van der Waals surface area contributed by atoms with E-state index in [1.807, 2.05) is 0 Å². The zero-order valence-corrected chi connectivity index (χ0v) is 17.1. The number of ether oxygens (including phenoxy) is 1. The van der Waals surface area contributed by atoms with Gasteiger partial charge < -0.3 is 21.1 Å². The maximum absolute atomic E-state index is 13.2. The maximum Gasteiger partial charge on any atom is 0.277 e. The van der Waals surface area contributed by atoms with Gasteiger partial charge in [-0.25, -0.2) is 9.02 Å². The van der Waals surface area contributed by atoms with Crippen molar-refractivity contribution < 1.29 is 18.6 Å². The van der Waals surface area contributed by atoms with Crippen LogP contribution in [0.5, 0.6) is 5.75 Å². The number of amides is 1. The van der Waals surface area contributed by atoms with Crippen molar-refractivity contribution in [2.24, 2.45) is 0 Å². The summed E-state index contributed by atoms with van der Waals surface area (Å²) in [6.45, 7) is 1.41. The Kier molecular flexibility index (Phi) is 7.45. The number of nitrogen functional groups attached to an aromatic ring is 1. The van der Waals surface area contributed by atoms with Gasteiger partial charge in [0.2, 0.25) is 11.5 Å². The third-order valence-electron chi connectivity index (χ3n) is 4.05. The highest BCUT2D eigenvalue weighted by molar-refractivity contribution is 6.31. The third-order valence-corrected chi connectivity index (χ3v) is 4.64. The molecule has 0 radical (unpaired) electrons. The molecule has 0 aliphatic rings. The van der Waals surface area contributed by atoms with E-state index in [-0.39, 0.29) is 18.1 Å². The highest BCUT2D eigenvalue weighted by Crippen LogP contribution is 2.25. The molecule has 0 saturated heterocycles. The molecule has 0 saturated carbocycles. The van der Waals surface area contributed by atoms with Crippen molar-refractivity contribution in [3.8, 4) is 5.75 Å². The number of halogens is 3. The van der Waals surface area contributed by atoms with E-state index in [9.17, 15) is 9.18 Å². The van der Waals surface area contributed by atoms with Gasteiger partial charge in [0.1, 0.15) is 18.2 Å². The standard InChI is InChI=1S/C19H18Cl2FN5O3/c20-13-2-4-16(29-10-11-1-3-14(22)8-15(11)21)12(7-13)9-24-5-6-25-19(28)17-18(23)27-30-26-17/h1-4,7-8,24H,5-6,9-10H2,(H2,23,27)(H,25,28). The first-order valence-electron chi connectivity index (χ1n) is 8.86. The molecule has 1 amide bonds. The summed E-state index contributed by atoms with van der Waals surface area (Å²) < 4.78 is 23.4. The van der Waals surface area contributed by atoms with E-state index in [2.05, 4.69) is 25.6 Å². The summed E-state index contributed by atoms with van der Waals surface area (Å²) in [5.41, 5.74) is 6.89. The first-order valence-corrected chi connectivity index (χ1v) is 9.61. The summed E-state index contributed by atoms with van der Waals surface area (Å²) in [6.07, 6.45) is 0. The van der Waals surface area contributed by atoms with E-state index in [4.69, 9.17) is 33.7 Å². The Labute approximate surface area is 181 Å². The van der Waals surface area contributed by atoms with Crippen LogP contribution in [0.15, 0.2) is 41.0 Å². The number of carbonyl (C=O) groups is 1. The fraction of sp³-hybridized carbons (Fsp3) is 0.211. The molecule has 11 heteroatoms. The van der Waals surface area contributed by atoms with Gasteiger partial charge >= 0.3 is 0 Å². The number of benzene rings is 2. The number of nitrogens with two attached hydrogens (primary N) is 1. The zero-order valence-electron chi connectivity index (χ0n) is 15.6. The Hall–Kier alpha value is -2.88. The largest absolute Gasteiger partial charge is 0.489 e. The quantitative estimate of drug-likeness (QED) is 0.426. The van der Waals surface area contributed by atoms with Crippen molar-refractivity contribution in [3.63, 3.8) is 0 Å². The number of hydrogen-bond donors (Lipinski definition) is 3. The summed E-state index contributed by atoms with van der Waals surface area (Å²) in [5, 5.41) is 13.5. The number of anilines is 1. The van der Waals surface area contributed by atoms with Gasteiger partial charge in [0, 0.05) is 35.8 Å². The number of carbonyl (C=O) groups excluding carboxylic acids is 1. The highest BCUT2D eigenvalue weighted by atomic mass is 35.5. The Balaban J connectivity index is 1.51. The van der Waals surface area contributed by atoms with E-state index in [0.29, 0.717) is 41.0 Å². The van der Waals surface area contributed by atoms with Gasteiger partial charge in [-0.05, 0) is 40.6 Å². The Morgan fingerprint density at radius 3 is 2.70 bits per heavy atom. The summed E-state index contributed by atoms with van der Waals surface area (Å²) in [6, 6.07) is 9.37. The predicted octanol–water partition coefficient (Wildman–Crippen LogP) is 3.20. The van der Waals surface area contributed by atoms with Gasteiger partial charge in [-0.1, -0.05) is 29.3 Å². The monoisotopic (exact) mass is 453 g/mol. The lowest BCUT2D eigenvalue weighted by Crippen LogP contribution is -2.32. The Bertz CT molecular complexity index is 1030. The molecule has 1 heterocycles. The Morgan fingerprint density at radius 2 is 1.97 bits per heavy atom. The minimum absolute atomic E-state index is 0.0556. The van der Waals surface area contributed by atoms with Gasteiger partial charge in [-0.3, -0.25) is 4.79 Å². The zero-order chi connectivity index (χ0) is 21.5. The van der Waals surface area contributed by atoms with Crippen LogP contribution in [0.2, 0.25) is 10.0 Å².